The van der Waals surface area contributed by atoms with Crippen LogP contribution in [0.4, 0.5) is 5.82 Å². The van der Waals surface area contributed by atoms with E-state index in [2.05, 4.69) is 4.98 Å². The van der Waals surface area contributed by atoms with E-state index < -0.39 is 0 Å². The number of nitrogens with zero attached hydrogens (tertiary/aromatic N) is 2. The molecule has 0 aliphatic carbocycles. The predicted octanol–water partition coefficient (Wildman–Crippen LogP) is 2.82. The molecule has 4 heteroatoms. The van der Waals surface area contributed by atoms with Gasteiger partial charge >= 0.3 is 0 Å². The zero-order chi connectivity index (χ0) is 14.1. The minimum atomic E-state index is 0.708. The first-order valence-electron chi connectivity index (χ1n) is 6.53. The third-order valence-electron chi connectivity index (χ3n) is 3.41. The highest BCUT2D eigenvalue weighted by molar-refractivity contribution is 5.54. The third-order valence-corrected chi connectivity index (χ3v) is 3.41. The number of imidazole rings is 1. The predicted molar refractivity (Wildman–Crippen MR) is 80.1 cm³/mol. The zero-order valence-corrected chi connectivity index (χ0v) is 11.6. The fourth-order valence-electron chi connectivity index (χ4n) is 2.28. The Morgan fingerprint density at radius 1 is 1.15 bits per heavy atom. The minimum Gasteiger partial charge on any atom is -0.497 e. The Kier molecular flexibility index (Phi) is 3.06. The SMILES string of the molecule is COc1ccc(Cc2nc3ccc(C)cn3c2N)cc1. The summed E-state index contributed by atoms with van der Waals surface area (Å²) in [6.07, 6.45) is 2.73. The standard InChI is InChI=1S/C16H17N3O/c1-11-3-8-15-18-14(16(17)19(15)10-11)9-12-4-6-13(20-2)7-5-12/h3-8,10H,9,17H2,1-2H3. The number of nitrogens with two attached hydrogens (primary N) is 1. The first kappa shape index (κ1) is 12.5. The van der Waals surface area contributed by atoms with Gasteiger partial charge in [-0.15, -0.1) is 0 Å². The number of methoxy groups -OCH3 is 1. The highest BCUT2D eigenvalue weighted by Crippen LogP contribution is 2.20. The van der Waals surface area contributed by atoms with E-state index in [1.807, 2.05) is 53.9 Å². The molecule has 4 nitrogen and oxygen atoms in total. The number of benzene rings is 1. The quantitative estimate of drug-likeness (QED) is 0.794. The summed E-state index contributed by atoms with van der Waals surface area (Å²) < 4.78 is 7.10. The molecule has 3 aromatic rings. The molecule has 0 fully saturated rings. The Balaban J connectivity index is 1.95. The van der Waals surface area contributed by atoms with Gasteiger partial charge in [-0.05, 0) is 36.2 Å². The second-order valence-electron chi connectivity index (χ2n) is 4.90. The Labute approximate surface area is 117 Å². The van der Waals surface area contributed by atoms with Gasteiger partial charge in [-0.2, -0.15) is 0 Å². The van der Waals surface area contributed by atoms with Crippen molar-refractivity contribution in [2.75, 3.05) is 12.8 Å². The van der Waals surface area contributed by atoms with Crippen molar-refractivity contribution in [3.63, 3.8) is 0 Å². The fraction of sp³-hybridized carbons (Fsp3) is 0.188. The molecule has 0 spiro atoms. The van der Waals surface area contributed by atoms with E-state index in [0.717, 1.165) is 34.6 Å². The summed E-state index contributed by atoms with van der Waals surface area (Å²) >= 11 is 0. The molecule has 1 aromatic carbocycles. The maximum Gasteiger partial charge on any atom is 0.138 e. The van der Waals surface area contributed by atoms with Crippen molar-refractivity contribution in [3.8, 4) is 5.75 Å². The van der Waals surface area contributed by atoms with Crippen LogP contribution < -0.4 is 10.5 Å². The molecule has 20 heavy (non-hydrogen) atoms. The molecule has 3 rings (SSSR count). The number of aromatic nitrogens is 2. The molecule has 0 radical (unpaired) electrons. The van der Waals surface area contributed by atoms with E-state index in [9.17, 15) is 0 Å². The number of pyridine rings is 1. The summed E-state index contributed by atoms with van der Waals surface area (Å²) in [5, 5.41) is 0. The second-order valence-corrected chi connectivity index (χ2v) is 4.90. The van der Waals surface area contributed by atoms with E-state index >= 15 is 0 Å². The topological polar surface area (TPSA) is 52.5 Å². The minimum absolute atomic E-state index is 0.708. The van der Waals surface area contributed by atoms with Gasteiger partial charge in [0.15, 0.2) is 0 Å². The van der Waals surface area contributed by atoms with Gasteiger partial charge in [0.25, 0.3) is 0 Å². The largest absolute Gasteiger partial charge is 0.497 e. The molecular weight excluding hydrogens is 250 g/mol. The summed E-state index contributed by atoms with van der Waals surface area (Å²) in [6, 6.07) is 12.0. The number of aryl methyl sites for hydroxylation is 1. The summed E-state index contributed by atoms with van der Waals surface area (Å²) in [7, 11) is 1.66. The van der Waals surface area contributed by atoms with E-state index in [4.69, 9.17) is 10.5 Å². The van der Waals surface area contributed by atoms with Crippen LogP contribution in [0.5, 0.6) is 5.75 Å². The molecule has 0 atom stereocenters. The van der Waals surface area contributed by atoms with Gasteiger partial charge in [-0.3, -0.25) is 4.40 Å². The fourth-order valence-corrected chi connectivity index (χ4v) is 2.28. The lowest BCUT2D eigenvalue weighted by molar-refractivity contribution is 0.414. The molecule has 0 saturated heterocycles. The lowest BCUT2D eigenvalue weighted by Crippen LogP contribution is -1.97. The molecule has 0 saturated carbocycles. The maximum atomic E-state index is 6.19. The average molecular weight is 267 g/mol. The van der Waals surface area contributed by atoms with Crippen LogP contribution in [0.25, 0.3) is 5.65 Å². The number of hydrogen-bond donors (Lipinski definition) is 1. The average Bonchev–Trinajstić information content (AvgIpc) is 2.76. The first-order valence-corrected chi connectivity index (χ1v) is 6.53. The normalized spacial score (nSPS) is 10.9. The van der Waals surface area contributed by atoms with Crippen LogP contribution in [0.2, 0.25) is 0 Å². The van der Waals surface area contributed by atoms with Gasteiger partial charge in [0.1, 0.15) is 17.2 Å². The van der Waals surface area contributed by atoms with Gasteiger partial charge < -0.3 is 10.5 Å². The van der Waals surface area contributed by atoms with Gasteiger partial charge in [0.2, 0.25) is 0 Å². The molecule has 2 N–H and O–H groups in total. The monoisotopic (exact) mass is 267 g/mol. The molecule has 0 amide bonds. The Hall–Kier alpha value is -2.49. The van der Waals surface area contributed by atoms with Crippen LogP contribution in [0.1, 0.15) is 16.8 Å². The summed E-state index contributed by atoms with van der Waals surface area (Å²) in [5.41, 5.74) is 10.3. The first-order chi connectivity index (χ1) is 9.67. The summed E-state index contributed by atoms with van der Waals surface area (Å²) in [5.74, 6) is 1.56. The van der Waals surface area contributed by atoms with Gasteiger partial charge in [0.05, 0.1) is 12.8 Å². The van der Waals surface area contributed by atoms with Gasteiger partial charge in [0, 0.05) is 12.6 Å². The Bertz CT molecular complexity index is 744. The van der Waals surface area contributed by atoms with Crippen molar-refractivity contribution in [1.29, 1.82) is 0 Å². The molecule has 102 valence electrons. The number of anilines is 1. The second kappa shape index (κ2) is 4.89. The third kappa shape index (κ3) is 2.20. The lowest BCUT2D eigenvalue weighted by Gasteiger charge is -2.03. The van der Waals surface area contributed by atoms with Crippen molar-refractivity contribution in [1.82, 2.24) is 9.38 Å². The Morgan fingerprint density at radius 2 is 1.90 bits per heavy atom. The van der Waals surface area contributed by atoms with E-state index in [0.29, 0.717) is 5.82 Å². The molecule has 0 bridgehead atoms. The number of nitrogen functional groups attached to an aromatic ring is 1. The van der Waals surface area contributed by atoms with Crippen LogP contribution >= 0.6 is 0 Å². The van der Waals surface area contributed by atoms with Crippen molar-refractivity contribution in [3.05, 3.63) is 59.4 Å². The van der Waals surface area contributed by atoms with Crippen molar-refractivity contribution < 1.29 is 4.74 Å². The van der Waals surface area contributed by atoms with Crippen LogP contribution in [0.15, 0.2) is 42.6 Å². The highest BCUT2D eigenvalue weighted by Gasteiger charge is 2.09. The molecule has 2 aromatic heterocycles. The van der Waals surface area contributed by atoms with E-state index in [1.54, 1.807) is 7.11 Å². The maximum absolute atomic E-state index is 6.19. The van der Waals surface area contributed by atoms with Crippen molar-refractivity contribution >= 4 is 11.5 Å². The number of fused-ring (bicyclic) bond motifs is 1. The van der Waals surface area contributed by atoms with E-state index in [1.165, 1.54) is 0 Å². The number of hydrogen-bond acceptors (Lipinski definition) is 3. The molecule has 2 heterocycles. The van der Waals surface area contributed by atoms with Crippen LogP contribution in [-0.2, 0) is 6.42 Å². The summed E-state index contributed by atoms with van der Waals surface area (Å²) in [4.78, 5) is 4.60. The lowest BCUT2D eigenvalue weighted by atomic mass is 10.1. The molecule has 0 unspecified atom stereocenters. The van der Waals surface area contributed by atoms with Crippen LogP contribution in [0.3, 0.4) is 0 Å². The van der Waals surface area contributed by atoms with Gasteiger partial charge in [-0.25, -0.2) is 4.98 Å². The smallest absolute Gasteiger partial charge is 0.138 e. The van der Waals surface area contributed by atoms with Crippen molar-refractivity contribution in [2.24, 2.45) is 0 Å². The van der Waals surface area contributed by atoms with Gasteiger partial charge in [-0.1, -0.05) is 18.2 Å². The van der Waals surface area contributed by atoms with E-state index in [-0.39, 0.29) is 0 Å². The van der Waals surface area contributed by atoms with Crippen molar-refractivity contribution in [2.45, 2.75) is 13.3 Å². The van der Waals surface area contributed by atoms with Crippen LogP contribution in [0, 0.1) is 6.92 Å². The molecular formula is C16H17N3O. The highest BCUT2D eigenvalue weighted by atomic mass is 16.5. The Morgan fingerprint density at radius 3 is 2.60 bits per heavy atom. The molecule has 0 aliphatic heterocycles. The zero-order valence-electron chi connectivity index (χ0n) is 11.6. The number of rotatable bonds is 3. The molecule has 0 aliphatic rings. The number of ether oxygens (including phenoxy) is 1. The van der Waals surface area contributed by atoms with Crippen LogP contribution in [-0.4, -0.2) is 16.5 Å². The summed E-state index contributed by atoms with van der Waals surface area (Å²) in [6.45, 7) is 2.04.